The topological polar surface area (TPSA) is 15.7 Å². The van der Waals surface area contributed by atoms with Crippen LogP contribution in [0, 0.1) is 5.92 Å². The third kappa shape index (κ3) is 2.73. The van der Waals surface area contributed by atoms with Crippen LogP contribution in [0.4, 0.5) is 0 Å². The van der Waals surface area contributed by atoms with E-state index < -0.39 is 0 Å². The maximum atomic E-state index is 5.57. The molecule has 0 N–H and O–H groups in total. The molecule has 0 bridgehead atoms. The summed E-state index contributed by atoms with van der Waals surface area (Å²) in [6.07, 6.45) is 6.91. The molecule has 3 nitrogen and oxygen atoms in total. The van der Waals surface area contributed by atoms with Crippen LogP contribution in [0.5, 0.6) is 0 Å². The fourth-order valence-corrected chi connectivity index (χ4v) is 4.00. The second-order valence-electron chi connectivity index (χ2n) is 6.40. The molecule has 0 aromatic carbocycles. The minimum atomic E-state index is 0.717. The molecule has 3 heterocycles. The highest BCUT2D eigenvalue weighted by Gasteiger charge is 2.32. The van der Waals surface area contributed by atoms with E-state index in [1.807, 2.05) is 0 Å². The van der Waals surface area contributed by atoms with Gasteiger partial charge in [-0.15, -0.1) is 0 Å². The summed E-state index contributed by atoms with van der Waals surface area (Å²) in [5.41, 5.74) is 0. The van der Waals surface area contributed by atoms with Gasteiger partial charge >= 0.3 is 0 Å². The van der Waals surface area contributed by atoms with Crippen molar-refractivity contribution < 1.29 is 4.74 Å². The van der Waals surface area contributed by atoms with Crippen LogP contribution >= 0.6 is 0 Å². The van der Waals surface area contributed by atoms with E-state index in [1.165, 1.54) is 58.3 Å². The number of fused-ring (bicyclic) bond motifs is 1. The van der Waals surface area contributed by atoms with E-state index in [2.05, 4.69) is 16.7 Å². The lowest BCUT2D eigenvalue weighted by molar-refractivity contribution is 0.0969. The molecule has 0 aliphatic carbocycles. The predicted octanol–water partition coefficient (Wildman–Crippen LogP) is 1.97. The van der Waals surface area contributed by atoms with Gasteiger partial charge in [0.15, 0.2) is 0 Å². The Morgan fingerprint density at radius 3 is 2.78 bits per heavy atom. The normalized spacial score (nSPS) is 37.2. The Morgan fingerprint density at radius 1 is 1.06 bits per heavy atom. The van der Waals surface area contributed by atoms with E-state index in [1.54, 1.807) is 0 Å². The van der Waals surface area contributed by atoms with Gasteiger partial charge < -0.3 is 4.74 Å². The molecule has 0 aromatic heterocycles. The summed E-state index contributed by atoms with van der Waals surface area (Å²) < 4.78 is 5.57. The Kier molecular flexibility index (Phi) is 4.22. The summed E-state index contributed by atoms with van der Waals surface area (Å²) in [7, 11) is 0. The third-order valence-electron chi connectivity index (χ3n) is 5.31. The molecule has 104 valence electrons. The van der Waals surface area contributed by atoms with Crippen LogP contribution in [0.15, 0.2) is 0 Å². The summed E-state index contributed by atoms with van der Waals surface area (Å²) >= 11 is 0. The number of hydrogen-bond acceptors (Lipinski definition) is 3. The SMILES string of the molecule is CC(C1CCOC1)N1CCCN2CCCCC2C1. The van der Waals surface area contributed by atoms with Crippen molar-refractivity contribution in [3.8, 4) is 0 Å². The molecule has 3 fully saturated rings. The van der Waals surface area contributed by atoms with E-state index in [4.69, 9.17) is 4.74 Å². The smallest absolute Gasteiger partial charge is 0.0509 e. The molecule has 3 aliphatic heterocycles. The first-order valence-corrected chi connectivity index (χ1v) is 7.90. The monoisotopic (exact) mass is 252 g/mol. The van der Waals surface area contributed by atoms with Crippen LogP contribution in [0.1, 0.15) is 39.0 Å². The van der Waals surface area contributed by atoms with Crippen LogP contribution in [0.25, 0.3) is 0 Å². The van der Waals surface area contributed by atoms with E-state index in [9.17, 15) is 0 Å². The lowest BCUT2D eigenvalue weighted by Gasteiger charge is -2.38. The number of ether oxygens (including phenoxy) is 1. The van der Waals surface area contributed by atoms with E-state index in [0.717, 1.165) is 31.2 Å². The van der Waals surface area contributed by atoms with Crippen molar-refractivity contribution in [2.45, 2.75) is 51.1 Å². The van der Waals surface area contributed by atoms with Crippen molar-refractivity contribution in [2.75, 3.05) is 39.4 Å². The predicted molar refractivity (Wildman–Crippen MR) is 73.8 cm³/mol. The summed E-state index contributed by atoms with van der Waals surface area (Å²) in [5, 5.41) is 0. The number of nitrogens with zero attached hydrogens (tertiary/aromatic N) is 2. The number of rotatable bonds is 2. The van der Waals surface area contributed by atoms with Crippen molar-refractivity contribution in [3.63, 3.8) is 0 Å². The number of hydrogen-bond donors (Lipinski definition) is 0. The molecule has 0 amide bonds. The van der Waals surface area contributed by atoms with Crippen LogP contribution in [-0.2, 0) is 4.74 Å². The van der Waals surface area contributed by atoms with Gasteiger partial charge in [-0.1, -0.05) is 6.42 Å². The molecule has 3 saturated heterocycles. The molecule has 3 rings (SSSR count). The molecule has 3 atom stereocenters. The summed E-state index contributed by atoms with van der Waals surface area (Å²) in [5.74, 6) is 0.778. The fraction of sp³-hybridized carbons (Fsp3) is 1.00. The highest BCUT2D eigenvalue weighted by atomic mass is 16.5. The Balaban J connectivity index is 1.61. The molecule has 0 spiro atoms. The first kappa shape index (κ1) is 12.9. The van der Waals surface area contributed by atoms with Gasteiger partial charge in [0.25, 0.3) is 0 Å². The highest BCUT2D eigenvalue weighted by molar-refractivity contribution is 4.87. The minimum Gasteiger partial charge on any atom is -0.381 e. The van der Waals surface area contributed by atoms with Crippen molar-refractivity contribution in [2.24, 2.45) is 5.92 Å². The van der Waals surface area contributed by atoms with Gasteiger partial charge in [0.1, 0.15) is 0 Å². The molecular weight excluding hydrogens is 224 g/mol. The molecule has 18 heavy (non-hydrogen) atoms. The van der Waals surface area contributed by atoms with Gasteiger partial charge in [0, 0.05) is 25.2 Å². The first-order chi connectivity index (χ1) is 8.84. The third-order valence-corrected chi connectivity index (χ3v) is 5.31. The van der Waals surface area contributed by atoms with Crippen molar-refractivity contribution in [3.05, 3.63) is 0 Å². The molecule has 0 saturated carbocycles. The van der Waals surface area contributed by atoms with E-state index in [-0.39, 0.29) is 0 Å². The largest absolute Gasteiger partial charge is 0.381 e. The molecule has 0 aromatic rings. The Bertz CT molecular complexity index is 265. The van der Waals surface area contributed by atoms with Gasteiger partial charge in [-0.25, -0.2) is 0 Å². The van der Waals surface area contributed by atoms with Crippen molar-refractivity contribution in [1.29, 1.82) is 0 Å². The van der Waals surface area contributed by atoms with Crippen LogP contribution in [0.2, 0.25) is 0 Å². The zero-order valence-corrected chi connectivity index (χ0v) is 11.8. The first-order valence-electron chi connectivity index (χ1n) is 7.90. The molecule has 3 aliphatic rings. The minimum absolute atomic E-state index is 0.717. The van der Waals surface area contributed by atoms with Gasteiger partial charge in [-0.2, -0.15) is 0 Å². The zero-order chi connectivity index (χ0) is 12.4. The van der Waals surface area contributed by atoms with Gasteiger partial charge in [-0.05, 0) is 58.2 Å². The quantitative estimate of drug-likeness (QED) is 0.747. The Hall–Kier alpha value is -0.120. The average molecular weight is 252 g/mol. The second kappa shape index (κ2) is 5.89. The van der Waals surface area contributed by atoms with Gasteiger partial charge in [-0.3, -0.25) is 9.80 Å². The van der Waals surface area contributed by atoms with Crippen LogP contribution in [-0.4, -0.2) is 61.3 Å². The Morgan fingerprint density at radius 2 is 1.94 bits per heavy atom. The van der Waals surface area contributed by atoms with Crippen molar-refractivity contribution in [1.82, 2.24) is 9.80 Å². The lowest BCUT2D eigenvalue weighted by atomic mass is 9.97. The highest BCUT2D eigenvalue weighted by Crippen LogP contribution is 2.26. The lowest BCUT2D eigenvalue weighted by Crippen LogP contribution is -2.47. The summed E-state index contributed by atoms with van der Waals surface area (Å²) in [4.78, 5) is 5.51. The van der Waals surface area contributed by atoms with Gasteiger partial charge in [0.2, 0.25) is 0 Å². The molecular formula is C15H28N2O. The standard InChI is InChI=1S/C15H28N2O/c1-13(14-6-10-18-12-14)17-9-4-8-16-7-3-2-5-15(16)11-17/h13-15H,2-12H2,1H3. The zero-order valence-electron chi connectivity index (χ0n) is 11.8. The summed E-state index contributed by atoms with van der Waals surface area (Å²) in [6, 6.07) is 1.56. The molecule has 3 unspecified atom stereocenters. The second-order valence-corrected chi connectivity index (χ2v) is 6.40. The maximum Gasteiger partial charge on any atom is 0.0509 e. The van der Waals surface area contributed by atoms with E-state index >= 15 is 0 Å². The van der Waals surface area contributed by atoms with E-state index in [0.29, 0.717) is 0 Å². The van der Waals surface area contributed by atoms with Gasteiger partial charge in [0.05, 0.1) is 6.61 Å². The van der Waals surface area contributed by atoms with Crippen LogP contribution < -0.4 is 0 Å². The molecule has 0 radical (unpaired) electrons. The van der Waals surface area contributed by atoms with Crippen molar-refractivity contribution >= 4 is 0 Å². The Labute approximate surface area is 111 Å². The average Bonchev–Trinajstić information content (AvgIpc) is 2.84. The summed E-state index contributed by atoms with van der Waals surface area (Å²) in [6.45, 7) is 9.68. The molecule has 3 heteroatoms. The maximum absolute atomic E-state index is 5.57. The fourth-order valence-electron chi connectivity index (χ4n) is 4.00. The van der Waals surface area contributed by atoms with Crippen LogP contribution in [0.3, 0.4) is 0 Å². The number of piperidine rings is 1.